The molecule has 2 fully saturated rings. The lowest BCUT2D eigenvalue weighted by Crippen LogP contribution is -2.50. The molecule has 2 aromatic rings. The van der Waals surface area contributed by atoms with Gasteiger partial charge in [-0.2, -0.15) is 0 Å². The Hall–Kier alpha value is -3.13. The van der Waals surface area contributed by atoms with Crippen molar-refractivity contribution in [3.63, 3.8) is 0 Å². The Bertz CT molecular complexity index is 944. The van der Waals surface area contributed by atoms with Crippen LogP contribution in [0.5, 0.6) is 11.5 Å². The summed E-state index contributed by atoms with van der Waals surface area (Å²) >= 11 is 0. The van der Waals surface area contributed by atoms with E-state index in [0.29, 0.717) is 62.9 Å². The van der Waals surface area contributed by atoms with Crippen molar-refractivity contribution in [1.82, 2.24) is 9.80 Å². The van der Waals surface area contributed by atoms with Crippen molar-refractivity contribution in [2.75, 3.05) is 46.5 Å². The van der Waals surface area contributed by atoms with Gasteiger partial charge in [-0.25, -0.2) is 4.39 Å². The van der Waals surface area contributed by atoms with Crippen molar-refractivity contribution in [2.24, 2.45) is 5.92 Å². The van der Waals surface area contributed by atoms with Crippen LogP contribution in [0.3, 0.4) is 0 Å². The molecular weight excluding hydrogens is 427 g/mol. The summed E-state index contributed by atoms with van der Waals surface area (Å²) in [6.45, 7) is 3.14. The summed E-state index contributed by atoms with van der Waals surface area (Å²) in [7, 11) is 1.58. The number of likely N-dealkylation sites (tertiary alicyclic amines) is 1. The predicted molar refractivity (Wildman–Crippen MR) is 120 cm³/mol. The highest BCUT2D eigenvalue weighted by Crippen LogP contribution is 2.28. The minimum absolute atomic E-state index is 0.0368. The number of carbonyl (C=O) groups is 2. The van der Waals surface area contributed by atoms with Gasteiger partial charge in [0.25, 0.3) is 5.91 Å². The monoisotopic (exact) mass is 456 g/mol. The van der Waals surface area contributed by atoms with Gasteiger partial charge < -0.3 is 24.0 Å². The molecule has 0 unspecified atom stereocenters. The van der Waals surface area contributed by atoms with E-state index in [0.717, 1.165) is 0 Å². The van der Waals surface area contributed by atoms with Gasteiger partial charge in [0.1, 0.15) is 23.4 Å². The number of carbonyl (C=O) groups excluding carboxylic acids is 2. The van der Waals surface area contributed by atoms with Crippen LogP contribution >= 0.6 is 0 Å². The smallest absolute Gasteiger partial charge is 0.253 e. The fourth-order valence-corrected chi connectivity index (χ4v) is 4.32. The van der Waals surface area contributed by atoms with Crippen LogP contribution < -0.4 is 9.47 Å². The van der Waals surface area contributed by atoms with E-state index in [2.05, 4.69) is 0 Å². The van der Waals surface area contributed by atoms with Gasteiger partial charge >= 0.3 is 0 Å². The third kappa shape index (κ3) is 5.82. The summed E-state index contributed by atoms with van der Waals surface area (Å²) in [5.41, 5.74) is 0.576. The van der Waals surface area contributed by atoms with E-state index in [1.54, 1.807) is 48.4 Å². The van der Waals surface area contributed by atoms with Crippen LogP contribution in [0, 0.1) is 11.7 Å². The van der Waals surface area contributed by atoms with E-state index >= 15 is 0 Å². The maximum atomic E-state index is 13.3. The summed E-state index contributed by atoms with van der Waals surface area (Å²) in [5, 5.41) is 0. The number of methoxy groups -OCH3 is 1. The number of amides is 2. The third-order valence-electron chi connectivity index (χ3n) is 6.19. The van der Waals surface area contributed by atoms with Crippen LogP contribution in [-0.2, 0) is 9.53 Å². The molecule has 0 aromatic heterocycles. The topological polar surface area (TPSA) is 68.3 Å². The first kappa shape index (κ1) is 23.0. The molecule has 0 aliphatic carbocycles. The number of morpholine rings is 1. The SMILES string of the molecule is COc1ccc(C(=O)N2CC[C@H](Oc3ccc(F)cc3)[C@@H](CC(=O)N3CCOCC3)C2)cc1. The van der Waals surface area contributed by atoms with E-state index in [-0.39, 0.29) is 36.1 Å². The Balaban J connectivity index is 1.48. The molecule has 2 aliphatic heterocycles. The molecule has 2 aromatic carbocycles. The molecule has 33 heavy (non-hydrogen) atoms. The first-order valence-electron chi connectivity index (χ1n) is 11.2. The highest BCUT2D eigenvalue weighted by atomic mass is 19.1. The molecule has 4 rings (SSSR count). The fraction of sp³-hybridized carbons (Fsp3) is 0.440. The average Bonchev–Trinajstić information content (AvgIpc) is 2.86. The molecule has 0 radical (unpaired) electrons. The van der Waals surface area contributed by atoms with Crippen molar-refractivity contribution in [2.45, 2.75) is 18.9 Å². The maximum absolute atomic E-state index is 13.3. The Morgan fingerprint density at radius 1 is 0.970 bits per heavy atom. The van der Waals surface area contributed by atoms with Crippen LogP contribution in [0.2, 0.25) is 0 Å². The van der Waals surface area contributed by atoms with Gasteiger partial charge in [-0.3, -0.25) is 9.59 Å². The molecule has 0 bridgehead atoms. The molecule has 0 N–H and O–H groups in total. The zero-order chi connectivity index (χ0) is 23.2. The van der Waals surface area contributed by atoms with E-state index in [1.165, 1.54) is 12.1 Å². The minimum Gasteiger partial charge on any atom is -0.497 e. The molecule has 0 saturated carbocycles. The molecule has 2 amide bonds. The van der Waals surface area contributed by atoms with Gasteiger partial charge in [0.2, 0.25) is 5.91 Å². The van der Waals surface area contributed by atoms with E-state index in [1.807, 2.05) is 4.90 Å². The van der Waals surface area contributed by atoms with E-state index in [4.69, 9.17) is 14.2 Å². The van der Waals surface area contributed by atoms with Gasteiger partial charge in [-0.05, 0) is 48.5 Å². The van der Waals surface area contributed by atoms with Gasteiger partial charge in [-0.15, -0.1) is 0 Å². The van der Waals surface area contributed by atoms with Crippen LogP contribution in [-0.4, -0.2) is 74.2 Å². The van der Waals surface area contributed by atoms with E-state index in [9.17, 15) is 14.0 Å². The average molecular weight is 457 g/mol. The lowest BCUT2D eigenvalue weighted by molar-refractivity contribution is -0.137. The fourth-order valence-electron chi connectivity index (χ4n) is 4.32. The molecule has 2 aliphatic rings. The maximum Gasteiger partial charge on any atom is 0.253 e. The van der Waals surface area contributed by atoms with Crippen molar-refractivity contribution in [3.8, 4) is 11.5 Å². The van der Waals surface area contributed by atoms with Gasteiger partial charge in [0, 0.05) is 50.5 Å². The summed E-state index contributed by atoms with van der Waals surface area (Å²) in [6.07, 6.45) is 0.610. The number of ether oxygens (including phenoxy) is 3. The number of nitrogens with zero attached hydrogens (tertiary/aromatic N) is 2. The van der Waals surface area contributed by atoms with Gasteiger partial charge in [0.15, 0.2) is 0 Å². The number of benzene rings is 2. The van der Waals surface area contributed by atoms with Crippen molar-refractivity contribution < 1.29 is 28.2 Å². The van der Waals surface area contributed by atoms with Crippen LogP contribution in [0.1, 0.15) is 23.2 Å². The molecule has 8 heteroatoms. The Labute approximate surface area is 193 Å². The second kappa shape index (κ2) is 10.7. The lowest BCUT2D eigenvalue weighted by Gasteiger charge is -2.39. The van der Waals surface area contributed by atoms with E-state index < -0.39 is 0 Å². The van der Waals surface area contributed by atoms with Crippen LogP contribution in [0.25, 0.3) is 0 Å². The number of rotatable bonds is 6. The summed E-state index contributed by atoms with van der Waals surface area (Å²) < 4.78 is 30.0. The second-order valence-electron chi connectivity index (χ2n) is 8.34. The van der Waals surface area contributed by atoms with Crippen molar-refractivity contribution >= 4 is 11.8 Å². The quantitative estimate of drug-likeness (QED) is 0.669. The zero-order valence-corrected chi connectivity index (χ0v) is 18.7. The van der Waals surface area contributed by atoms with Crippen molar-refractivity contribution in [3.05, 3.63) is 59.9 Å². The molecule has 176 valence electrons. The number of halogens is 1. The molecule has 2 heterocycles. The van der Waals surface area contributed by atoms with Gasteiger partial charge in [-0.1, -0.05) is 0 Å². The summed E-state index contributed by atoms with van der Waals surface area (Å²) in [6, 6.07) is 12.9. The molecule has 0 spiro atoms. The van der Waals surface area contributed by atoms with Crippen LogP contribution in [0.15, 0.2) is 48.5 Å². The number of hydrogen-bond donors (Lipinski definition) is 0. The zero-order valence-electron chi connectivity index (χ0n) is 18.7. The molecular formula is C25H29FN2O5. The number of hydrogen-bond acceptors (Lipinski definition) is 5. The minimum atomic E-state index is -0.332. The Morgan fingerprint density at radius 2 is 1.64 bits per heavy atom. The first-order valence-corrected chi connectivity index (χ1v) is 11.2. The standard InChI is InChI=1S/C25H29FN2O5/c1-31-21-6-2-18(3-7-21)25(30)28-11-10-23(33-22-8-4-20(26)5-9-22)19(17-28)16-24(29)27-12-14-32-15-13-27/h2-9,19,23H,10-17H2,1H3/t19-,23-/m0/s1. The second-order valence-corrected chi connectivity index (χ2v) is 8.34. The van der Waals surface area contributed by atoms with Crippen LogP contribution in [0.4, 0.5) is 4.39 Å². The van der Waals surface area contributed by atoms with Crippen molar-refractivity contribution in [1.29, 1.82) is 0 Å². The normalized spacial score (nSPS) is 20.9. The third-order valence-corrected chi connectivity index (χ3v) is 6.19. The Morgan fingerprint density at radius 3 is 2.30 bits per heavy atom. The predicted octanol–water partition coefficient (Wildman–Crippen LogP) is 2.99. The molecule has 7 nitrogen and oxygen atoms in total. The summed E-state index contributed by atoms with van der Waals surface area (Å²) in [4.78, 5) is 29.7. The highest BCUT2D eigenvalue weighted by Gasteiger charge is 2.36. The Kier molecular flexibility index (Phi) is 7.44. The lowest BCUT2D eigenvalue weighted by atomic mass is 9.90. The summed E-state index contributed by atoms with van der Waals surface area (Å²) in [5.74, 6) is 0.686. The number of piperidine rings is 1. The molecule has 2 saturated heterocycles. The highest BCUT2D eigenvalue weighted by molar-refractivity contribution is 5.94. The van der Waals surface area contributed by atoms with Gasteiger partial charge in [0.05, 0.1) is 20.3 Å². The molecule has 2 atom stereocenters. The first-order chi connectivity index (χ1) is 16.0. The largest absolute Gasteiger partial charge is 0.497 e.